The highest BCUT2D eigenvalue weighted by Gasteiger charge is 2.38. The number of imidazole rings is 1. The molecule has 1 atom stereocenters. The van der Waals surface area contributed by atoms with Crippen LogP contribution in [0.15, 0.2) is 48.7 Å². The number of hydrogen-bond acceptors (Lipinski definition) is 7. The van der Waals surface area contributed by atoms with Crippen LogP contribution in [0.4, 0.5) is 19.0 Å². The number of alkyl halides is 3. The zero-order valence-electron chi connectivity index (χ0n) is 18.9. The molecule has 4 aromatic rings. The van der Waals surface area contributed by atoms with Crippen molar-refractivity contribution in [3.63, 3.8) is 0 Å². The quantitative estimate of drug-likeness (QED) is 0.418. The number of primary amides is 1. The molecule has 9 nitrogen and oxygen atoms in total. The number of nitrogens with two attached hydrogens (primary N) is 2. The largest absolute Gasteiger partial charge is 0.493 e. The molecule has 0 aliphatic carbocycles. The summed E-state index contributed by atoms with van der Waals surface area (Å²) in [5.74, 6) is 0.207. The fourth-order valence-electron chi connectivity index (χ4n) is 3.94. The first-order valence-electron chi connectivity index (χ1n) is 10.8. The van der Waals surface area contributed by atoms with E-state index in [9.17, 15) is 18.0 Å². The van der Waals surface area contributed by atoms with Gasteiger partial charge in [0.15, 0.2) is 5.65 Å². The van der Waals surface area contributed by atoms with Crippen LogP contribution in [-0.2, 0) is 15.7 Å². The SMILES string of the molecule is Cc1nc2ccc(-c3ccc(OC[C]4COC4C(N)=O)cc3)nn2c1-c1cnc(N)c(C(F)(F)F)c1. The molecule has 1 unspecified atom stereocenters. The van der Waals surface area contributed by atoms with E-state index in [4.69, 9.17) is 20.9 Å². The van der Waals surface area contributed by atoms with Gasteiger partial charge in [0.1, 0.15) is 17.7 Å². The van der Waals surface area contributed by atoms with Gasteiger partial charge in [-0.2, -0.15) is 18.3 Å². The maximum atomic E-state index is 13.4. The molecule has 1 aromatic carbocycles. The summed E-state index contributed by atoms with van der Waals surface area (Å²) >= 11 is 0. The molecule has 12 heteroatoms. The maximum Gasteiger partial charge on any atom is 0.419 e. The number of pyridine rings is 1. The molecule has 1 aliphatic rings. The smallest absolute Gasteiger partial charge is 0.419 e. The van der Waals surface area contributed by atoms with E-state index >= 15 is 0 Å². The van der Waals surface area contributed by atoms with E-state index in [-0.39, 0.29) is 12.2 Å². The van der Waals surface area contributed by atoms with Gasteiger partial charge in [0.25, 0.3) is 0 Å². The van der Waals surface area contributed by atoms with Gasteiger partial charge in [-0.05, 0) is 49.4 Å². The molecule has 1 saturated heterocycles. The van der Waals surface area contributed by atoms with Gasteiger partial charge in [-0.1, -0.05) is 0 Å². The molecule has 36 heavy (non-hydrogen) atoms. The molecule has 185 valence electrons. The number of halogens is 3. The Morgan fingerprint density at radius 1 is 1.19 bits per heavy atom. The number of nitrogens with zero attached hydrogens (tertiary/aromatic N) is 4. The molecular formula is C24H20F3N6O3. The van der Waals surface area contributed by atoms with Gasteiger partial charge in [-0.25, -0.2) is 14.5 Å². The number of ether oxygens (including phenoxy) is 2. The lowest BCUT2D eigenvalue weighted by molar-refractivity contribution is -0.138. The third-order valence-electron chi connectivity index (χ3n) is 5.79. The first kappa shape index (κ1) is 23.5. The van der Waals surface area contributed by atoms with Gasteiger partial charge < -0.3 is 20.9 Å². The Labute approximate surface area is 202 Å². The van der Waals surface area contributed by atoms with Gasteiger partial charge >= 0.3 is 6.18 Å². The Morgan fingerprint density at radius 3 is 2.58 bits per heavy atom. The molecule has 1 amide bonds. The van der Waals surface area contributed by atoms with Crippen molar-refractivity contribution in [2.45, 2.75) is 19.2 Å². The summed E-state index contributed by atoms with van der Waals surface area (Å²) < 4.78 is 52.5. The molecular weight excluding hydrogens is 477 g/mol. The average molecular weight is 497 g/mol. The second-order valence-corrected chi connectivity index (χ2v) is 8.25. The number of benzene rings is 1. The lowest BCUT2D eigenvalue weighted by Gasteiger charge is -2.33. The number of nitrogen functional groups attached to an aromatic ring is 1. The van der Waals surface area contributed by atoms with E-state index in [0.717, 1.165) is 17.5 Å². The number of hydrogen-bond donors (Lipinski definition) is 2. The van der Waals surface area contributed by atoms with E-state index in [0.29, 0.717) is 35.1 Å². The predicted octanol–water partition coefficient (Wildman–Crippen LogP) is 3.21. The normalized spacial score (nSPS) is 16.2. The van der Waals surface area contributed by atoms with E-state index in [1.54, 1.807) is 43.3 Å². The highest BCUT2D eigenvalue weighted by atomic mass is 19.4. The van der Waals surface area contributed by atoms with Crippen molar-refractivity contribution in [1.29, 1.82) is 0 Å². The third-order valence-corrected chi connectivity index (χ3v) is 5.79. The van der Waals surface area contributed by atoms with Crippen LogP contribution in [0.3, 0.4) is 0 Å². The number of carbonyl (C=O) groups is 1. The summed E-state index contributed by atoms with van der Waals surface area (Å²) in [5.41, 5.74) is 12.6. The fraction of sp³-hybridized carbons (Fsp3) is 0.208. The molecule has 0 spiro atoms. The molecule has 0 bridgehead atoms. The van der Waals surface area contributed by atoms with Crippen LogP contribution in [0.2, 0.25) is 0 Å². The second kappa shape index (κ2) is 8.79. The summed E-state index contributed by atoms with van der Waals surface area (Å²) in [5, 5.41) is 4.61. The van der Waals surface area contributed by atoms with Crippen LogP contribution >= 0.6 is 0 Å². The van der Waals surface area contributed by atoms with Gasteiger partial charge in [0.2, 0.25) is 5.91 Å². The molecule has 1 aliphatic heterocycles. The number of aromatic nitrogens is 4. The Hall–Kier alpha value is -4.19. The average Bonchev–Trinajstić information content (AvgIpc) is 3.13. The van der Waals surface area contributed by atoms with Crippen molar-refractivity contribution < 1.29 is 27.4 Å². The molecule has 0 saturated carbocycles. The minimum Gasteiger partial charge on any atom is -0.493 e. The van der Waals surface area contributed by atoms with Crippen molar-refractivity contribution in [3.05, 3.63) is 65.8 Å². The Morgan fingerprint density at radius 2 is 1.94 bits per heavy atom. The van der Waals surface area contributed by atoms with Crippen LogP contribution in [0, 0.1) is 12.8 Å². The highest BCUT2D eigenvalue weighted by molar-refractivity contribution is 5.82. The minimum atomic E-state index is -4.64. The van der Waals surface area contributed by atoms with Crippen LogP contribution in [0.25, 0.3) is 28.2 Å². The lowest BCUT2D eigenvalue weighted by atomic mass is 9.98. The molecule has 5 rings (SSSR count). The number of carbonyl (C=O) groups excluding carboxylic acids is 1. The topological polar surface area (TPSA) is 131 Å². The predicted molar refractivity (Wildman–Crippen MR) is 123 cm³/mol. The van der Waals surface area contributed by atoms with Crippen LogP contribution in [-0.4, -0.2) is 44.8 Å². The molecule has 1 fully saturated rings. The first-order chi connectivity index (χ1) is 17.1. The minimum absolute atomic E-state index is 0.196. The monoisotopic (exact) mass is 497 g/mol. The number of aryl methyl sites for hydroxylation is 1. The van der Waals surface area contributed by atoms with E-state index in [1.807, 2.05) is 0 Å². The van der Waals surface area contributed by atoms with Crippen molar-refractivity contribution >= 4 is 17.4 Å². The zero-order valence-corrected chi connectivity index (χ0v) is 18.9. The van der Waals surface area contributed by atoms with Gasteiger partial charge in [0, 0.05) is 17.3 Å². The first-order valence-corrected chi connectivity index (χ1v) is 10.8. The second-order valence-electron chi connectivity index (χ2n) is 8.25. The standard InChI is InChI=1S/C24H20F3N6O3/c1-12-20(14-8-17(24(25,26)27)22(28)30-9-14)33-19(31-12)7-6-18(32-33)13-2-4-16(5-3-13)35-10-15-11-36-21(15)23(29)34/h2-9,21H,10-11H2,1H3,(H2,28,30)(H2,29,34). The van der Waals surface area contributed by atoms with Gasteiger partial charge in [0.05, 0.1) is 41.8 Å². The Bertz CT molecular complexity index is 1450. The van der Waals surface area contributed by atoms with Crippen LogP contribution in [0.5, 0.6) is 5.75 Å². The van der Waals surface area contributed by atoms with Gasteiger partial charge in [-0.15, -0.1) is 0 Å². The van der Waals surface area contributed by atoms with Crippen molar-refractivity contribution in [2.24, 2.45) is 5.73 Å². The zero-order chi connectivity index (χ0) is 25.6. The summed E-state index contributed by atoms with van der Waals surface area (Å²) in [6.07, 6.45) is -4.08. The van der Waals surface area contributed by atoms with Crippen LogP contribution < -0.4 is 16.2 Å². The van der Waals surface area contributed by atoms with Crippen molar-refractivity contribution in [3.8, 4) is 28.3 Å². The number of rotatable bonds is 6. The molecule has 3 aromatic heterocycles. The maximum absolute atomic E-state index is 13.4. The Kier molecular flexibility index (Phi) is 5.75. The summed E-state index contributed by atoms with van der Waals surface area (Å²) in [4.78, 5) is 19.4. The summed E-state index contributed by atoms with van der Waals surface area (Å²) in [6, 6.07) is 11.5. The number of fused-ring (bicyclic) bond motifs is 1. The van der Waals surface area contributed by atoms with Crippen LogP contribution in [0.1, 0.15) is 11.3 Å². The van der Waals surface area contributed by atoms with E-state index in [2.05, 4.69) is 15.1 Å². The molecule has 1 radical (unpaired) electrons. The number of amides is 1. The fourth-order valence-corrected chi connectivity index (χ4v) is 3.94. The Balaban J connectivity index is 1.42. The number of anilines is 1. The molecule has 4 heterocycles. The van der Waals surface area contributed by atoms with E-state index in [1.165, 1.54) is 10.7 Å². The van der Waals surface area contributed by atoms with Crippen molar-refractivity contribution in [2.75, 3.05) is 18.9 Å². The lowest BCUT2D eigenvalue weighted by Crippen LogP contribution is -2.49. The summed E-state index contributed by atoms with van der Waals surface area (Å²) in [6.45, 7) is 2.23. The van der Waals surface area contributed by atoms with E-state index < -0.39 is 29.6 Å². The summed E-state index contributed by atoms with van der Waals surface area (Å²) in [7, 11) is 0. The third kappa shape index (κ3) is 4.31. The van der Waals surface area contributed by atoms with Crippen molar-refractivity contribution in [1.82, 2.24) is 19.6 Å². The highest BCUT2D eigenvalue weighted by Crippen LogP contribution is 2.36. The molecule has 4 N–H and O–H groups in total. The van der Waals surface area contributed by atoms with Gasteiger partial charge in [-0.3, -0.25) is 4.79 Å².